The molecule has 2 aromatic rings. The smallest absolute Gasteiger partial charge is 0.294 e. The molecule has 0 aliphatic carbocycles. The van der Waals surface area contributed by atoms with Crippen LogP contribution in [0.25, 0.3) is 0 Å². The van der Waals surface area contributed by atoms with Crippen molar-refractivity contribution in [3.05, 3.63) is 71.3 Å². The molecule has 2 rings (SSSR count). The van der Waals surface area contributed by atoms with Crippen LogP contribution in [-0.4, -0.2) is 34.2 Å². The fourth-order valence-electron chi connectivity index (χ4n) is 2.40. The SMILES string of the molecule is CC(C)(C)c1ccc(C(=O)CCCl)cc1.CC(C)(C)c1ccccc1.O=C(Cl)CCCl.[Cl][Al]([Cl])[Cl]. The molecular weight excluding hydrogens is 584 g/mol. The number of carbonyl (C=O) groups excluding carboxylic acids is 2. The van der Waals surface area contributed by atoms with Crippen molar-refractivity contribution >= 4 is 87.4 Å². The Morgan fingerprint density at radius 3 is 1.31 bits per heavy atom. The minimum Gasteiger partial charge on any atom is -0.294 e. The van der Waals surface area contributed by atoms with E-state index in [0.29, 0.717) is 23.6 Å². The van der Waals surface area contributed by atoms with Crippen LogP contribution in [0.1, 0.15) is 75.9 Å². The van der Waals surface area contributed by atoms with E-state index in [2.05, 4.69) is 71.9 Å². The predicted molar refractivity (Wildman–Crippen MR) is 159 cm³/mol. The van der Waals surface area contributed by atoms with Crippen LogP contribution in [-0.2, 0) is 15.6 Å². The van der Waals surface area contributed by atoms with E-state index in [1.165, 1.54) is 11.1 Å². The minimum absolute atomic E-state index is 0.116. The van der Waals surface area contributed by atoms with Crippen LogP contribution in [0.3, 0.4) is 0 Å². The Labute approximate surface area is 243 Å². The summed E-state index contributed by atoms with van der Waals surface area (Å²) in [4.78, 5) is 21.2. The number of ketones is 1. The molecule has 35 heavy (non-hydrogen) atoms. The van der Waals surface area contributed by atoms with Gasteiger partial charge in [-0.2, -0.15) is 0 Å². The predicted octanol–water partition coefficient (Wildman–Crippen LogP) is 9.85. The molecule has 0 saturated heterocycles. The van der Waals surface area contributed by atoms with Gasteiger partial charge in [0.1, 0.15) is 0 Å². The average molecular weight is 619 g/mol. The molecule has 2 nitrogen and oxygen atoms in total. The highest BCUT2D eigenvalue weighted by molar-refractivity contribution is 7.54. The van der Waals surface area contributed by atoms with Crippen molar-refractivity contribution in [2.75, 3.05) is 11.8 Å². The summed E-state index contributed by atoms with van der Waals surface area (Å²) in [6, 6.07) is 18.4. The van der Waals surface area contributed by atoms with Crippen molar-refractivity contribution in [1.29, 1.82) is 0 Å². The van der Waals surface area contributed by atoms with Gasteiger partial charge >= 0.3 is 11.4 Å². The van der Waals surface area contributed by atoms with Crippen LogP contribution in [0, 0.1) is 0 Å². The molecule has 0 saturated carbocycles. The van der Waals surface area contributed by atoms with E-state index in [9.17, 15) is 9.59 Å². The molecule has 0 heterocycles. The van der Waals surface area contributed by atoms with Crippen LogP contribution in [0.4, 0.5) is 0 Å². The summed E-state index contributed by atoms with van der Waals surface area (Å²) < 4.78 is 0. The van der Waals surface area contributed by atoms with Gasteiger partial charge in [-0.15, -0.1) is 23.2 Å². The number of benzene rings is 2. The fraction of sp³-hybridized carbons (Fsp3) is 0.462. The third kappa shape index (κ3) is 21.8. The first-order chi connectivity index (χ1) is 16.1. The van der Waals surface area contributed by atoms with Gasteiger partial charge in [0, 0.05) is 30.2 Å². The van der Waals surface area contributed by atoms with Crippen molar-refractivity contribution < 1.29 is 9.59 Å². The van der Waals surface area contributed by atoms with Gasteiger partial charge in [0.2, 0.25) is 5.24 Å². The highest BCUT2D eigenvalue weighted by Gasteiger charge is 2.14. The zero-order valence-electron chi connectivity index (χ0n) is 21.2. The Morgan fingerprint density at radius 1 is 0.686 bits per heavy atom. The minimum atomic E-state index is -1.72. The van der Waals surface area contributed by atoms with Gasteiger partial charge in [-0.25, -0.2) is 30.1 Å². The molecule has 0 spiro atoms. The molecule has 0 atom stereocenters. The van der Waals surface area contributed by atoms with E-state index in [1.807, 2.05) is 24.3 Å². The number of hydrogen-bond acceptors (Lipinski definition) is 2. The van der Waals surface area contributed by atoms with E-state index in [-0.39, 0.29) is 22.9 Å². The maximum atomic E-state index is 11.5. The lowest BCUT2D eigenvalue weighted by Gasteiger charge is -2.18. The van der Waals surface area contributed by atoms with E-state index < -0.39 is 11.4 Å². The maximum absolute atomic E-state index is 11.5. The maximum Gasteiger partial charge on any atom is 0.643 e. The molecule has 2 aromatic carbocycles. The van der Waals surface area contributed by atoms with E-state index in [0.717, 1.165) is 5.56 Å². The standard InChI is InChI=1S/C13H17ClO.C10H14.C3H4Cl2O.Al.3ClH/c1-13(2,3)11-6-4-10(5-7-11)12(15)8-9-14;1-10(2,3)9-7-5-4-6-8-9;4-2-1-3(5)6;;;;/h4-7H,8-9H2,1-3H3;4-8H,1-3H3;1-2H2;;3*1H/q;;;+3;;;/p-3. The molecule has 0 N–H and O–H groups in total. The molecule has 0 aromatic heterocycles. The van der Waals surface area contributed by atoms with Crippen LogP contribution in [0.5, 0.6) is 0 Å². The highest BCUT2D eigenvalue weighted by Crippen LogP contribution is 2.22. The van der Waals surface area contributed by atoms with Gasteiger partial charge in [0.05, 0.1) is 0 Å². The number of alkyl halides is 2. The highest BCUT2D eigenvalue weighted by atomic mass is 35.8. The molecule has 0 unspecified atom stereocenters. The van der Waals surface area contributed by atoms with Crippen LogP contribution in [0.2, 0.25) is 0 Å². The summed E-state index contributed by atoms with van der Waals surface area (Å²) in [5, 5.41) is -0.370. The van der Waals surface area contributed by atoms with Crippen LogP contribution < -0.4 is 0 Å². The number of Topliss-reactive ketones (excluding diaryl/α,β-unsaturated/α-hetero) is 1. The zero-order valence-corrected chi connectivity index (χ0v) is 26.9. The van der Waals surface area contributed by atoms with E-state index in [4.69, 9.17) is 65.0 Å². The quantitative estimate of drug-likeness (QED) is 0.145. The molecule has 0 amide bonds. The Hall–Kier alpha value is 0.0525. The molecule has 0 bridgehead atoms. The van der Waals surface area contributed by atoms with Crippen molar-refractivity contribution in [2.45, 2.75) is 65.2 Å². The summed E-state index contributed by atoms with van der Waals surface area (Å²) in [5.41, 5.74) is 3.82. The molecule has 0 radical (unpaired) electrons. The summed E-state index contributed by atoms with van der Waals surface area (Å²) in [6.07, 6.45) is 0.680. The average Bonchev–Trinajstić information content (AvgIpc) is 2.74. The number of carbonyl (C=O) groups is 2. The largest absolute Gasteiger partial charge is 0.643 e. The number of hydrogen-bond donors (Lipinski definition) is 0. The van der Waals surface area contributed by atoms with Gasteiger partial charge < -0.3 is 0 Å². The van der Waals surface area contributed by atoms with Crippen molar-refractivity contribution in [3.63, 3.8) is 0 Å². The Morgan fingerprint density at radius 2 is 1.06 bits per heavy atom. The molecule has 0 aliphatic rings. The summed E-state index contributed by atoms with van der Waals surface area (Å²) in [7, 11) is 14.8. The zero-order chi connectivity index (χ0) is 27.7. The lowest BCUT2D eigenvalue weighted by atomic mass is 9.86. The second-order valence-corrected chi connectivity index (χ2v) is 17.0. The first-order valence-corrected chi connectivity index (χ1v) is 17.7. The van der Waals surface area contributed by atoms with Crippen molar-refractivity contribution in [1.82, 2.24) is 0 Å². The van der Waals surface area contributed by atoms with Crippen LogP contribution >= 0.6 is 65.0 Å². The topological polar surface area (TPSA) is 34.1 Å². The second-order valence-electron chi connectivity index (χ2n) is 9.35. The number of halogens is 6. The normalized spacial score (nSPS) is 10.4. The van der Waals surface area contributed by atoms with E-state index >= 15 is 0 Å². The lowest BCUT2D eigenvalue weighted by molar-refractivity contribution is -0.111. The molecule has 196 valence electrons. The first kappa shape index (κ1) is 37.2. The van der Waals surface area contributed by atoms with Gasteiger partial charge in [0.25, 0.3) is 0 Å². The lowest BCUT2D eigenvalue weighted by Crippen LogP contribution is -2.11. The second kappa shape index (κ2) is 20.1. The van der Waals surface area contributed by atoms with Crippen molar-refractivity contribution in [3.8, 4) is 0 Å². The summed E-state index contributed by atoms with van der Waals surface area (Å²) in [5.74, 6) is 0.827. The Kier molecular flexibility index (Phi) is 21.3. The van der Waals surface area contributed by atoms with Crippen molar-refractivity contribution in [2.24, 2.45) is 0 Å². The number of rotatable bonds is 5. The molecule has 9 heteroatoms. The summed E-state index contributed by atoms with van der Waals surface area (Å²) >= 11 is 13.8. The molecular formula is C26H35AlCl6O2. The third-order valence-electron chi connectivity index (χ3n) is 4.33. The van der Waals surface area contributed by atoms with Crippen LogP contribution in [0.15, 0.2) is 54.6 Å². The molecule has 0 aliphatic heterocycles. The molecule has 0 fully saturated rings. The monoisotopic (exact) mass is 616 g/mol. The first-order valence-electron chi connectivity index (χ1n) is 11.0. The Bertz CT molecular complexity index is 827. The van der Waals surface area contributed by atoms with Gasteiger partial charge in [0.15, 0.2) is 5.78 Å². The fourth-order valence-corrected chi connectivity index (χ4v) is 2.93. The van der Waals surface area contributed by atoms with Gasteiger partial charge in [-0.05, 0) is 33.6 Å². The summed E-state index contributed by atoms with van der Waals surface area (Å²) in [6.45, 7) is 13.1. The Balaban J connectivity index is 0. The third-order valence-corrected chi connectivity index (χ3v) is 4.89. The van der Waals surface area contributed by atoms with Gasteiger partial charge in [-0.1, -0.05) is 96.1 Å². The van der Waals surface area contributed by atoms with Gasteiger partial charge in [-0.3, -0.25) is 9.59 Å². The van der Waals surface area contributed by atoms with E-state index in [1.54, 1.807) is 0 Å².